The van der Waals surface area contributed by atoms with Crippen LogP contribution in [0.25, 0.3) is 0 Å². The summed E-state index contributed by atoms with van der Waals surface area (Å²) in [5.41, 5.74) is 2.25. The summed E-state index contributed by atoms with van der Waals surface area (Å²) in [6.07, 6.45) is 0. The molecule has 0 bridgehead atoms. The summed E-state index contributed by atoms with van der Waals surface area (Å²) in [7, 11) is 1.62. The Morgan fingerprint density at radius 1 is 1.22 bits per heavy atom. The molecule has 0 spiro atoms. The molecule has 0 unspecified atom stereocenters. The summed E-state index contributed by atoms with van der Waals surface area (Å²) >= 11 is 3.42. The highest BCUT2D eigenvalue weighted by atomic mass is 79.9. The van der Waals surface area contributed by atoms with Gasteiger partial charge in [0.15, 0.2) is 0 Å². The SMILES string of the molecule is COc1cc(Br)cc(Nc2ccccc2C#N)c1. The molecule has 3 nitrogen and oxygen atoms in total. The van der Waals surface area contributed by atoms with E-state index in [1.807, 2.05) is 36.4 Å². The van der Waals surface area contributed by atoms with Crippen molar-refractivity contribution in [2.75, 3.05) is 12.4 Å². The van der Waals surface area contributed by atoms with Crippen LogP contribution in [0.3, 0.4) is 0 Å². The third-order valence-electron chi connectivity index (χ3n) is 2.43. The van der Waals surface area contributed by atoms with E-state index >= 15 is 0 Å². The van der Waals surface area contributed by atoms with Gasteiger partial charge in [-0.1, -0.05) is 28.1 Å². The number of halogens is 1. The van der Waals surface area contributed by atoms with Gasteiger partial charge < -0.3 is 10.1 Å². The van der Waals surface area contributed by atoms with Crippen LogP contribution in [0.1, 0.15) is 5.56 Å². The van der Waals surface area contributed by atoms with E-state index in [1.54, 1.807) is 13.2 Å². The molecular weight excluding hydrogens is 292 g/mol. The van der Waals surface area contributed by atoms with Crippen LogP contribution in [0.5, 0.6) is 5.75 Å². The molecule has 1 N–H and O–H groups in total. The highest BCUT2D eigenvalue weighted by Gasteiger charge is 2.03. The molecule has 2 aromatic carbocycles. The average molecular weight is 303 g/mol. The van der Waals surface area contributed by atoms with Crippen molar-refractivity contribution < 1.29 is 4.74 Å². The Hall–Kier alpha value is -1.99. The zero-order valence-corrected chi connectivity index (χ0v) is 11.4. The first-order valence-corrected chi connectivity index (χ1v) is 6.13. The van der Waals surface area contributed by atoms with Crippen molar-refractivity contribution in [3.63, 3.8) is 0 Å². The zero-order valence-electron chi connectivity index (χ0n) is 9.77. The normalized spacial score (nSPS) is 9.61. The number of anilines is 2. The molecule has 2 rings (SSSR count). The van der Waals surface area contributed by atoms with Crippen molar-refractivity contribution in [2.24, 2.45) is 0 Å². The molecule has 18 heavy (non-hydrogen) atoms. The van der Waals surface area contributed by atoms with E-state index in [1.165, 1.54) is 0 Å². The summed E-state index contributed by atoms with van der Waals surface area (Å²) in [4.78, 5) is 0. The first-order chi connectivity index (χ1) is 8.72. The van der Waals surface area contributed by atoms with Crippen LogP contribution in [-0.4, -0.2) is 7.11 Å². The molecule has 2 aromatic rings. The predicted octanol–water partition coefficient (Wildman–Crippen LogP) is 4.07. The lowest BCUT2D eigenvalue weighted by molar-refractivity contribution is 0.415. The van der Waals surface area contributed by atoms with Gasteiger partial charge in [0, 0.05) is 16.2 Å². The molecule has 0 aliphatic heterocycles. The molecule has 0 saturated heterocycles. The second-order valence-electron chi connectivity index (χ2n) is 3.66. The Kier molecular flexibility index (Phi) is 3.85. The van der Waals surface area contributed by atoms with Gasteiger partial charge in [0.05, 0.1) is 18.4 Å². The van der Waals surface area contributed by atoms with Crippen molar-refractivity contribution >= 4 is 27.3 Å². The summed E-state index contributed by atoms with van der Waals surface area (Å²) < 4.78 is 6.11. The second kappa shape index (κ2) is 5.56. The van der Waals surface area contributed by atoms with Gasteiger partial charge in [0.25, 0.3) is 0 Å². The number of para-hydroxylation sites is 1. The summed E-state index contributed by atoms with van der Waals surface area (Å²) in [6.45, 7) is 0. The molecule has 90 valence electrons. The minimum absolute atomic E-state index is 0.608. The van der Waals surface area contributed by atoms with E-state index in [2.05, 4.69) is 27.3 Å². The van der Waals surface area contributed by atoms with Crippen LogP contribution in [0.15, 0.2) is 46.9 Å². The van der Waals surface area contributed by atoms with Gasteiger partial charge in [-0.25, -0.2) is 0 Å². The van der Waals surface area contributed by atoms with Crippen LogP contribution in [-0.2, 0) is 0 Å². The van der Waals surface area contributed by atoms with Gasteiger partial charge in [0.1, 0.15) is 11.8 Å². The van der Waals surface area contributed by atoms with Gasteiger partial charge in [0.2, 0.25) is 0 Å². The summed E-state index contributed by atoms with van der Waals surface area (Å²) in [5.74, 6) is 0.751. The fourth-order valence-electron chi connectivity index (χ4n) is 1.60. The molecule has 4 heteroatoms. The van der Waals surface area contributed by atoms with Gasteiger partial charge in [-0.2, -0.15) is 5.26 Å². The molecule has 0 aliphatic rings. The fraction of sp³-hybridized carbons (Fsp3) is 0.0714. The number of hydrogen-bond acceptors (Lipinski definition) is 3. The minimum atomic E-state index is 0.608. The quantitative estimate of drug-likeness (QED) is 0.929. The smallest absolute Gasteiger partial charge is 0.122 e. The highest BCUT2D eigenvalue weighted by Crippen LogP contribution is 2.27. The Morgan fingerprint density at radius 2 is 2.00 bits per heavy atom. The maximum absolute atomic E-state index is 9.03. The van der Waals surface area contributed by atoms with Gasteiger partial charge in [-0.15, -0.1) is 0 Å². The van der Waals surface area contributed by atoms with Gasteiger partial charge >= 0.3 is 0 Å². The van der Waals surface area contributed by atoms with Crippen LogP contribution in [0.4, 0.5) is 11.4 Å². The Morgan fingerprint density at radius 3 is 2.72 bits per heavy atom. The molecule has 0 amide bonds. The van der Waals surface area contributed by atoms with E-state index < -0.39 is 0 Å². The van der Waals surface area contributed by atoms with Crippen molar-refractivity contribution in [3.8, 4) is 11.8 Å². The van der Waals surface area contributed by atoms with Crippen LogP contribution < -0.4 is 10.1 Å². The van der Waals surface area contributed by atoms with E-state index in [-0.39, 0.29) is 0 Å². The first-order valence-electron chi connectivity index (χ1n) is 5.33. The number of benzene rings is 2. The topological polar surface area (TPSA) is 45.0 Å². The summed E-state index contributed by atoms with van der Waals surface area (Å²) in [5, 5.41) is 12.2. The number of hydrogen-bond donors (Lipinski definition) is 1. The third kappa shape index (κ3) is 2.82. The van der Waals surface area contributed by atoms with Crippen LogP contribution in [0, 0.1) is 11.3 Å². The highest BCUT2D eigenvalue weighted by molar-refractivity contribution is 9.10. The monoisotopic (exact) mass is 302 g/mol. The van der Waals surface area contributed by atoms with Crippen LogP contribution >= 0.6 is 15.9 Å². The Labute approximate surface area is 114 Å². The number of rotatable bonds is 3. The first kappa shape index (κ1) is 12.5. The fourth-order valence-corrected chi connectivity index (χ4v) is 2.07. The lowest BCUT2D eigenvalue weighted by Crippen LogP contribution is -1.94. The molecule has 0 heterocycles. The van der Waals surface area contributed by atoms with E-state index in [0.29, 0.717) is 5.56 Å². The van der Waals surface area contributed by atoms with Crippen molar-refractivity contribution in [3.05, 3.63) is 52.5 Å². The zero-order chi connectivity index (χ0) is 13.0. The number of nitrogens with zero attached hydrogens (tertiary/aromatic N) is 1. The molecule has 0 aliphatic carbocycles. The standard InChI is InChI=1S/C14H11BrN2O/c1-18-13-7-11(15)6-12(8-13)17-14-5-3-2-4-10(14)9-16/h2-8,17H,1H3. The van der Waals surface area contributed by atoms with E-state index in [4.69, 9.17) is 10.00 Å². The molecule has 0 fully saturated rings. The second-order valence-corrected chi connectivity index (χ2v) is 4.58. The predicted molar refractivity (Wildman–Crippen MR) is 75.1 cm³/mol. The maximum atomic E-state index is 9.03. The largest absolute Gasteiger partial charge is 0.497 e. The molecule has 0 saturated carbocycles. The number of nitriles is 1. The Balaban J connectivity index is 2.34. The summed E-state index contributed by atoms with van der Waals surface area (Å²) in [6, 6.07) is 15.2. The molecule has 0 aromatic heterocycles. The van der Waals surface area contributed by atoms with Gasteiger partial charge in [-0.3, -0.25) is 0 Å². The maximum Gasteiger partial charge on any atom is 0.122 e. The number of methoxy groups -OCH3 is 1. The van der Waals surface area contributed by atoms with E-state index in [9.17, 15) is 0 Å². The van der Waals surface area contributed by atoms with E-state index in [0.717, 1.165) is 21.6 Å². The van der Waals surface area contributed by atoms with Crippen molar-refractivity contribution in [2.45, 2.75) is 0 Å². The number of nitrogens with one attached hydrogen (secondary N) is 1. The minimum Gasteiger partial charge on any atom is -0.497 e. The third-order valence-corrected chi connectivity index (χ3v) is 2.89. The lowest BCUT2D eigenvalue weighted by atomic mass is 10.2. The molecular formula is C14H11BrN2O. The van der Waals surface area contributed by atoms with Crippen molar-refractivity contribution in [1.29, 1.82) is 5.26 Å². The van der Waals surface area contributed by atoms with Crippen LogP contribution in [0.2, 0.25) is 0 Å². The number of ether oxygens (including phenoxy) is 1. The van der Waals surface area contributed by atoms with Crippen molar-refractivity contribution in [1.82, 2.24) is 0 Å². The van der Waals surface area contributed by atoms with Gasteiger partial charge in [-0.05, 0) is 24.3 Å². The Bertz CT molecular complexity index is 605. The molecule has 0 radical (unpaired) electrons. The molecule has 0 atom stereocenters. The average Bonchev–Trinajstić information content (AvgIpc) is 2.38. The lowest BCUT2D eigenvalue weighted by Gasteiger charge is -2.10.